The summed E-state index contributed by atoms with van der Waals surface area (Å²) >= 11 is 0. The summed E-state index contributed by atoms with van der Waals surface area (Å²) in [6.45, 7) is 0. The summed E-state index contributed by atoms with van der Waals surface area (Å²) in [5, 5.41) is 0. The molecule has 0 N–H and O–H groups in total. The molecule has 7 heavy (non-hydrogen) atoms. The van der Waals surface area contributed by atoms with Gasteiger partial charge in [0, 0.05) is 20.1 Å². The van der Waals surface area contributed by atoms with E-state index in [1.165, 1.54) is 0 Å². The summed E-state index contributed by atoms with van der Waals surface area (Å²) in [7, 11) is 0. The van der Waals surface area contributed by atoms with Crippen LogP contribution in [0.2, 0.25) is 0 Å². The van der Waals surface area contributed by atoms with Crippen molar-refractivity contribution >= 4 is 0 Å². The normalized spacial score (nSPS) is 0. The molecule has 0 aromatic heterocycles. The predicted octanol–water partition coefficient (Wildman–Crippen LogP) is -18.0. The van der Waals surface area contributed by atoms with Gasteiger partial charge in [-0.3, -0.25) is 0 Å². The van der Waals surface area contributed by atoms with Gasteiger partial charge < -0.3 is 62.0 Å². The number of halogens is 5. The Balaban J connectivity index is 0. The zero-order valence-corrected chi connectivity index (χ0v) is 12.5. The summed E-state index contributed by atoms with van der Waals surface area (Å²) < 4.78 is 0. The van der Waals surface area contributed by atoms with Crippen LogP contribution >= 0.6 is 0 Å². The Morgan fingerprint density at radius 2 is 0.429 bits per heavy atom. The number of rotatable bonds is 0. The molecule has 0 bridgehead atoms. The maximum absolute atomic E-state index is 0. The number of hydrogen-bond donors (Lipinski definition) is 0. The van der Waals surface area contributed by atoms with Crippen molar-refractivity contribution in [3.05, 3.63) is 0 Å². The van der Waals surface area contributed by atoms with Crippen LogP contribution in [0.15, 0.2) is 0 Å². The summed E-state index contributed by atoms with van der Waals surface area (Å²) in [5.74, 6) is 0. The molecule has 0 unspecified atom stereocenters. The molecular formula is Cl5IrK-4. The minimum absolute atomic E-state index is 0. The summed E-state index contributed by atoms with van der Waals surface area (Å²) in [6, 6.07) is 0. The molecule has 0 amide bonds. The largest absolute Gasteiger partial charge is 1.00 e. The Bertz CT molecular complexity index is 8.04. The van der Waals surface area contributed by atoms with E-state index in [2.05, 4.69) is 0 Å². The van der Waals surface area contributed by atoms with Gasteiger partial charge in [-0.05, 0) is 0 Å². The number of hydrogen-bond acceptors (Lipinski definition) is 0. The van der Waals surface area contributed by atoms with Crippen LogP contribution in [-0.4, -0.2) is 0 Å². The summed E-state index contributed by atoms with van der Waals surface area (Å²) in [6.07, 6.45) is 0. The molecule has 7 heteroatoms. The average molecular weight is 409 g/mol. The fourth-order valence-electron chi connectivity index (χ4n) is 0. The Hall–Kier alpha value is 3.74. The van der Waals surface area contributed by atoms with E-state index in [1.54, 1.807) is 0 Å². The summed E-state index contributed by atoms with van der Waals surface area (Å²) in [5.41, 5.74) is 0. The van der Waals surface area contributed by atoms with Crippen LogP contribution in [0, 0.1) is 0 Å². The fraction of sp³-hybridized carbons (Fsp3) is 0. The maximum Gasteiger partial charge on any atom is 1.00 e. The SMILES string of the molecule is [Cl-].[Cl-].[Cl-].[Cl-].[Cl-].[Ir].[K+]. The minimum Gasteiger partial charge on any atom is -1.00 e. The van der Waals surface area contributed by atoms with Crippen molar-refractivity contribution < 1.29 is 134 Å². The molecule has 0 aliphatic carbocycles. The Kier molecular flexibility index (Phi) is 555. The van der Waals surface area contributed by atoms with Gasteiger partial charge in [-0.2, -0.15) is 0 Å². The molecular weight excluding hydrogens is 409 g/mol. The zero-order chi connectivity index (χ0) is 0. The monoisotopic (exact) mass is 407 g/mol. The van der Waals surface area contributed by atoms with E-state index >= 15 is 0 Å². The quantitative estimate of drug-likeness (QED) is 0.349. The molecule has 0 atom stereocenters. The zero-order valence-electron chi connectivity index (χ0n) is 3.22. The van der Waals surface area contributed by atoms with Crippen LogP contribution in [0.4, 0.5) is 0 Å². The van der Waals surface area contributed by atoms with Gasteiger partial charge in [-0.15, -0.1) is 0 Å². The van der Waals surface area contributed by atoms with Crippen LogP contribution in [0.25, 0.3) is 0 Å². The van der Waals surface area contributed by atoms with Crippen molar-refractivity contribution in [2.45, 2.75) is 0 Å². The molecule has 0 aliphatic rings. The Morgan fingerprint density at radius 3 is 0.429 bits per heavy atom. The predicted molar refractivity (Wildman–Crippen MR) is 0 cm³/mol. The van der Waals surface area contributed by atoms with Gasteiger partial charge in [0.1, 0.15) is 0 Å². The summed E-state index contributed by atoms with van der Waals surface area (Å²) in [4.78, 5) is 0. The second kappa shape index (κ2) is 53.2. The van der Waals surface area contributed by atoms with Gasteiger partial charge in [0.2, 0.25) is 0 Å². The molecule has 0 fully saturated rings. The van der Waals surface area contributed by atoms with Gasteiger partial charge in [0.05, 0.1) is 0 Å². The minimum atomic E-state index is 0. The molecule has 0 aliphatic heterocycles. The molecule has 0 aromatic rings. The first-order valence-electron chi connectivity index (χ1n) is 0. The van der Waals surface area contributed by atoms with Crippen molar-refractivity contribution in [3.8, 4) is 0 Å². The van der Waals surface area contributed by atoms with Crippen molar-refractivity contribution in [1.29, 1.82) is 0 Å². The Labute approximate surface area is 131 Å². The van der Waals surface area contributed by atoms with Gasteiger partial charge in [0.25, 0.3) is 0 Å². The second-order valence-electron chi connectivity index (χ2n) is 0. The van der Waals surface area contributed by atoms with E-state index in [9.17, 15) is 0 Å². The van der Waals surface area contributed by atoms with Crippen LogP contribution in [0.5, 0.6) is 0 Å². The average Bonchev–Trinajstić information content (AvgIpc) is 0. The van der Waals surface area contributed by atoms with Crippen LogP contribution in [0.1, 0.15) is 0 Å². The van der Waals surface area contributed by atoms with Gasteiger partial charge in [-0.25, -0.2) is 0 Å². The third kappa shape index (κ3) is 41.7. The Morgan fingerprint density at radius 1 is 0.429 bits per heavy atom. The second-order valence-corrected chi connectivity index (χ2v) is 0. The maximum atomic E-state index is 0. The van der Waals surface area contributed by atoms with Crippen LogP contribution < -0.4 is 113 Å². The standard InChI is InChI=1S/5ClH.Ir.K/h5*1H;;/q;;;;;;+1/p-5. The van der Waals surface area contributed by atoms with E-state index in [0.717, 1.165) is 0 Å². The van der Waals surface area contributed by atoms with E-state index in [1.807, 2.05) is 0 Å². The van der Waals surface area contributed by atoms with Crippen molar-refractivity contribution in [1.82, 2.24) is 0 Å². The molecule has 0 rings (SSSR count). The molecule has 1 radical (unpaired) electrons. The van der Waals surface area contributed by atoms with E-state index in [4.69, 9.17) is 0 Å². The molecule has 0 spiro atoms. The molecule has 0 nitrogen and oxygen atoms in total. The van der Waals surface area contributed by atoms with Gasteiger partial charge in [0.15, 0.2) is 0 Å². The molecule has 0 saturated carbocycles. The third-order valence-corrected chi connectivity index (χ3v) is 0. The molecule has 0 aromatic carbocycles. The third-order valence-electron chi connectivity index (χ3n) is 0. The first-order valence-corrected chi connectivity index (χ1v) is 0. The molecule has 0 saturated heterocycles. The van der Waals surface area contributed by atoms with Crippen molar-refractivity contribution in [3.63, 3.8) is 0 Å². The van der Waals surface area contributed by atoms with Gasteiger partial charge in [-0.1, -0.05) is 0 Å². The van der Waals surface area contributed by atoms with E-state index in [0.29, 0.717) is 0 Å². The fourth-order valence-corrected chi connectivity index (χ4v) is 0. The van der Waals surface area contributed by atoms with E-state index in [-0.39, 0.29) is 134 Å². The van der Waals surface area contributed by atoms with Crippen LogP contribution in [-0.2, 0) is 20.1 Å². The first-order chi connectivity index (χ1) is 0. The molecule has 49 valence electrons. The van der Waals surface area contributed by atoms with Crippen LogP contribution in [0.3, 0.4) is 0 Å². The van der Waals surface area contributed by atoms with Crippen molar-refractivity contribution in [2.24, 2.45) is 0 Å². The smallest absolute Gasteiger partial charge is 1.00 e. The topological polar surface area (TPSA) is 0 Å². The first kappa shape index (κ1) is 72.9. The molecule has 0 heterocycles. The van der Waals surface area contributed by atoms with E-state index < -0.39 is 0 Å². The van der Waals surface area contributed by atoms with Gasteiger partial charge >= 0.3 is 51.4 Å². The van der Waals surface area contributed by atoms with Crippen molar-refractivity contribution in [2.75, 3.05) is 0 Å².